The van der Waals surface area contributed by atoms with Crippen LogP contribution in [-0.2, 0) is 28.7 Å². The van der Waals surface area contributed by atoms with Gasteiger partial charge in [0.25, 0.3) is 0 Å². The summed E-state index contributed by atoms with van der Waals surface area (Å²) in [5.41, 5.74) is 0. The molecule has 0 spiro atoms. The average Bonchev–Trinajstić information content (AvgIpc) is 2.37. The van der Waals surface area contributed by atoms with Crippen molar-refractivity contribution >= 4 is 23.8 Å². The number of carbonyl (C=O) groups is 4. The Hall–Kier alpha value is -2.12. The lowest BCUT2D eigenvalue weighted by Gasteiger charge is -2.06. The number of amides is 2. The van der Waals surface area contributed by atoms with Crippen LogP contribution in [0.25, 0.3) is 0 Å². The van der Waals surface area contributed by atoms with Gasteiger partial charge in [0.2, 0.25) is 11.8 Å². The van der Waals surface area contributed by atoms with Crippen molar-refractivity contribution in [2.24, 2.45) is 0 Å². The standard InChI is InChI=1S/C12H20N2O6/c1-9(15)19-7-5-13-11(17)3-4-12(18)14-6-8-20-10(2)16/h3-8H2,1-2H3,(H,13,17)(H,14,18). The Morgan fingerprint density at radius 2 is 1.10 bits per heavy atom. The van der Waals surface area contributed by atoms with Gasteiger partial charge in [0.15, 0.2) is 0 Å². The molecule has 0 bridgehead atoms. The molecule has 0 aromatic rings. The van der Waals surface area contributed by atoms with Crippen molar-refractivity contribution < 1.29 is 28.7 Å². The average molecular weight is 288 g/mol. The molecule has 0 atom stereocenters. The maximum atomic E-state index is 11.3. The summed E-state index contributed by atoms with van der Waals surface area (Å²) in [6, 6.07) is 0. The van der Waals surface area contributed by atoms with Gasteiger partial charge in [0.05, 0.1) is 13.1 Å². The van der Waals surface area contributed by atoms with E-state index in [0.29, 0.717) is 0 Å². The summed E-state index contributed by atoms with van der Waals surface area (Å²) in [6.45, 7) is 3.20. The van der Waals surface area contributed by atoms with Crippen LogP contribution in [0, 0.1) is 0 Å². The molecule has 0 heterocycles. The van der Waals surface area contributed by atoms with Gasteiger partial charge in [-0.05, 0) is 0 Å². The minimum absolute atomic E-state index is 0.0411. The fourth-order valence-electron chi connectivity index (χ4n) is 1.17. The van der Waals surface area contributed by atoms with Crippen LogP contribution >= 0.6 is 0 Å². The topological polar surface area (TPSA) is 111 Å². The van der Waals surface area contributed by atoms with E-state index in [1.807, 2.05) is 0 Å². The molecule has 2 N–H and O–H groups in total. The Labute approximate surface area is 117 Å². The van der Waals surface area contributed by atoms with Gasteiger partial charge in [-0.1, -0.05) is 0 Å². The second kappa shape index (κ2) is 10.8. The third-order valence-electron chi connectivity index (χ3n) is 2.04. The Balaban J connectivity index is 3.50. The molecule has 0 aliphatic rings. The zero-order valence-corrected chi connectivity index (χ0v) is 11.7. The Morgan fingerprint density at radius 1 is 0.750 bits per heavy atom. The lowest BCUT2D eigenvalue weighted by Crippen LogP contribution is -2.31. The Kier molecular flexibility index (Phi) is 9.63. The van der Waals surface area contributed by atoms with Crippen molar-refractivity contribution in [2.45, 2.75) is 26.7 Å². The van der Waals surface area contributed by atoms with Crippen molar-refractivity contribution in [1.82, 2.24) is 10.6 Å². The van der Waals surface area contributed by atoms with Crippen LogP contribution in [0.4, 0.5) is 0 Å². The molecular formula is C12H20N2O6. The van der Waals surface area contributed by atoms with Gasteiger partial charge in [-0.25, -0.2) is 0 Å². The smallest absolute Gasteiger partial charge is 0.302 e. The maximum absolute atomic E-state index is 11.3. The predicted molar refractivity (Wildman–Crippen MR) is 68.5 cm³/mol. The molecule has 0 saturated heterocycles. The highest BCUT2D eigenvalue weighted by Crippen LogP contribution is 1.89. The quantitative estimate of drug-likeness (QED) is 0.421. The molecular weight excluding hydrogens is 268 g/mol. The third kappa shape index (κ3) is 12.3. The molecule has 0 aromatic carbocycles. The van der Waals surface area contributed by atoms with Gasteiger partial charge in [-0.3, -0.25) is 19.2 Å². The minimum atomic E-state index is -0.411. The molecule has 8 heteroatoms. The van der Waals surface area contributed by atoms with Crippen molar-refractivity contribution in [1.29, 1.82) is 0 Å². The molecule has 114 valence electrons. The largest absolute Gasteiger partial charge is 0.464 e. The summed E-state index contributed by atoms with van der Waals surface area (Å²) in [5, 5.41) is 5.02. The van der Waals surface area contributed by atoms with Crippen LogP contribution in [-0.4, -0.2) is 50.1 Å². The van der Waals surface area contributed by atoms with Gasteiger partial charge < -0.3 is 20.1 Å². The van der Waals surface area contributed by atoms with E-state index in [4.69, 9.17) is 0 Å². The van der Waals surface area contributed by atoms with E-state index >= 15 is 0 Å². The normalized spacial score (nSPS) is 9.50. The third-order valence-corrected chi connectivity index (χ3v) is 2.04. The first kappa shape index (κ1) is 17.9. The van der Waals surface area contributed by atoms with Crippen molar-refractivity contribution in [3.63, 3.8) is 0 Å². The number of esters is 2. The van der Waals surface area contributed by atoms with Crippen molar-refractivity contribution in [3.8, 4) is 0 Å². The fraction of sp³-hybridized carbons (Fsp3) is 0.667. The summed E-state index contributed by atoms with van der Waals surface area (Å²) >= 11 is 0. The number of ether oxygens (including phenoxy) is 2. The van der Waals surface area contributed by atoms with Crippen LogP contribution in [0.1, 0.15) is 26.7 Å². The highest BCUT2D eigenvalue weighted by molar-refractivity contribution is 5.83. The number of hydrogen-bond acceptors (Lipinski definition) is 6. The molecule has 0 radical (unpaired) electrons. The highest BCUT2D eigenvalue weighted by atomic mass is 16.5. The molecule has 0 rings (SSSR count). The maximum Gasteiger partial charge on any atom is 0.302 e. The van der Waals surface area contributed by atoms with Gasteiger partial charge in [-0.2, -0.15) is 0 Å². The van der Waals surface area contributed by atoms with Crippen molar-refractivity contribution in [3.05, 3.63) is 0 Å². The van der Waals surface area contributed by atoms with E-state index in [2.05, 4.69) is 20.1 Å². The first-order valence-corrected chi connectivity index (χ1v) is 6.22. The summed E-state index contributed by atoms with van der Waals surface area (Å²) in [7, 11) is 0. The molecule has 0 aromatic heterocycles. The molecule has 0 unspecified atom stereocenters. The first-order chi connectivity index (χ1) is 9.41. The number of nitrogens with one attached hydrogen (secondary N) is 2. The molecule has 0 aliphatic heterocycles. The molecule has 20 heavy (non-hydrogen) atoms. The second-order valence-electron chi connectivity index (χ2n) is 3.88. The summed E-state index contributed by atoms with van der Waals surface area (Å²) in [4.78, 5) is 43.5. The lowest BCUT2D eigenvalue weighted by atomic mass is 10.3. The SMILES string of the molecule is CC(=O)OCCNC(=O)CCC(=O)NCCOC(C)=O. The zero-order chi connectivity index (χ0) is 15.4. The van der Waals surface area contributed by atoms with E-state index in [1.54, 1.807) is 0 Å². The molecule has 0 saturated carbocycles. The lowest BCUT2D eigenvalue weighted by molar-refractivity contribution is -0.142. The van der Waals surface area contributed by atoms with E-state index in [1.165, 1.54) is 13.8 Å². The van der Waals surface area contributed by atoms with Crippen LogP contribution < -0.4 is 10.6 Å². The van der Waals surface area contributed by atoms with Crippen LogP contribution in [0.2, 0.25) is 0 Å². The van der Waals surface area contributed by atoms with Gasteiger partial charge in [0.1, 0.15) is 13.2 Å². The second-order valence-corrected chi connectivity index (χ2v) is 3.88. The first-order valence-electron chi connectivity index (χ1n) is 6.22. The van der Waals surface area contributed by atoms with Crippen LogP contribution in [0.15, 0.2) is 0 Å². The van der Waals surface area contributed by atoms with Crippen molar-refractivity contribution in [2.75, 3.05) is 26.3 Å². The zero-order valence-electron chi connectivity index (χ0n) is 11.7. The molecule has 0 aliphatic carbocycles. The summed E-state index contributed by atoms with van der Waals surface area (Å²) in [5.74, 6) is -1.42. The van der Waals surface area contributed by atoms with Gasteiger partial charge in [-0.15, -0.1) is 0 Å². The summed E-state index contributed by atoms with van der Waals surface area (Å²) < 4.78 is 9.26. The van der Waals surface area contributed by atoms with E-state index in [-0.39, 0.29) is 51.0 Å². The van der Waals surface area contributed by atoms with E-state index in [0.717, 1.165) is 0 Å². The Morgan fingerprint density at radius 3 is 1.40 bits per heavy atom. The predicted octanol–water partition coefficient (Wildman–Crippen LogP) is -0.875. The minimum Gasteiger partial charge on any atom is -0.464 e. The Bertz CT molecular complexity index is 322. The molecule has 2 amide bonds. The van der Waals surface area contributed by atoms with Gasteiger partial charge >= 0.3 is 11.9 Å². The number of rotatable bonds is 9. The monoisotopic (exact) mass is 288 g/mol. The van der Waals surface area contributed by atoms with E-state index < -0.39 is 11.9 Å². The summed E-state index contributed by atoms with van der Waals surface area (Å²) in [6.07, 6.45) is 0.0823. The number of carbonyl (C=O) groups excluding carboxylic acids is 4. The van der Waals surface area contributed by atoms with Gasteiger partial charge in [0, 0.05) is 26.7 Å². The fourth-order valence-corrected chi connectivity index (χ4v) is 1.17. The highest BCUT2D eigenvalue weighted by Gasteiger charge is 2.06. The van der Waals surface area contributed by atoms with Crippen LogP contribution in [0.5, 0.6) is 0 Å². The van der Waals surface area contributed by atoms with Crippen LogP contribution in [0.3, 0.4) is 0 Å². The molecule has 0 fully saturated rings. The molecule has 8 nitrogen and oxygen atoms in total. The van der Waals surface area contributed by atoms with E-state index in [9.17, 15) is 19.2 Å². The number of hydrogen-bond donors (Lipinski definition) is 2.